The first-order valence-electron chi connectivity index (χ1n) is 5.02. The maximum absolute atomic E-state index is 4.35. The molecule has 0 bridgehead atoms. The largest absolute Gasteiger partial charge is 0.307 e. The van der Waals surface area contributed by atoms with E-state index < -0.39 is 0 Å². The van der Waals surface area contributed by atoms with Gasteiger partial charge in [0.1, 0.15) is 0 Å². The van der Waals surface area contributed by atoms with E-state index in [4.69, 9.17) is 0 Å². The van der Waals surface area contributed by atoms with Crippen LogP contribution >= 0.6 is 0 Å². The highest BCUT2D eigenvalue weighted by Crippen LogP contribution is 2.05. The van der Waals surface area contributed by atoms with E-state index in [1.54, 1.807) is 0 Å². The molecule has 0 saturated carbocycles. The predicted octanol–water partition coefficient (Wildman–Crippen LogP) is 2.31. The fourth-order valence-electron chi connectivity index (χ4n) is 1.35. The Balaban J connectivity index is 2.53. The molecule has 0 aliphatic heterocycles. The Morgan fingerprint density at radius 1 is 1.57 bits per heavy atom. The Hall–Kier alpha value is -1.15. The highest BCUT2D eigenvalue weighted by molar-refractivity contribution is 5.19. The van der Waals surface area contributed by atoms with Gasteiger partial charge in [0.25, 0.3) is 0 Å². The summed E-state index contributed by atoms with van der Waals surface area (Å²) >= 11 is 0. The lowest BCUT2D eigenvalue weighted by molar-refractivity contribution is 0.715. The zero-order valence-electron chi connectivity index (χ0n) is 9.01. The molecule has 0 atom stereocenters. The molecular weight excluding hydrogens is 172 g/mol. The van der Waals surface area contributed by atoms with Gasteiger partial charge in [0.15, 0.2) is 0 Å². The van der Waals surface area contributed by atoms with Crippen molar-refractivity contribution in [1.29, 1.82) is 0 Å². The van der Waals surface area contributed by atoms with Gasteiger partial charge < -0.3 is 5.32 Å². The summed E-state index contributed by atoms with van der Waals surface area (Å²) in [6.45, 7) is 9.71. The van der Waals surface area contributed by atoms with Crippen molar-refractivity contribution in [2.75, 3.05) is 6.54 Å². The molecule has 0 aliphatic rings. The van der Waals surface area contributed by atoms with Crippen molar-refractivity contribution in [3.8, 4) is 0 Å². The first-order chi connectivity index (χ1) is 6.74. The Morgan fingerprint density at radius 2 is 2.36 bits per heavy atom. The molecule has 1 aromatic rings. The minimum absolute atomic E-state index is 0.830. The summed E-state index contributed by atoms with van der Waals surface area (Å²) in [6, 6.07) is 4.12. The highest BCUT2D eigenvalue weighted by atomic mass is 14.9. The van der Waals surface area contributed by atoms with Crippen molar-refractivity contribution in [3.63, 3.8) is 0 Å². The van der Waals surface area contributed by atoms with E-state index in [1.807, 2.05) is 19.2 Å². The lowest BCUT2D eigenvalue weighted by Gasteiger charge is -2.07. The lowest BCUT2D eigenvalue weighted by Crippen LogP contribution is -2.17. The van der Waals surface area contributed by atoms with Crippen LogP contribution in [0.3, 0.4) is 0 Å². The Kier molecular flexibility index (Phi) is 4.33. The van der Waals surface area contributed by atoms with Crippen molar-refractivity contribution >= 4 is 0 Å². The molecule has 2 nitrogen and oxygen atoms in total. The average molecular weight is 190 g/mol. The first-order valence-corrected chi connectivity index (χ1v) is 5.02. The number of nitrogens with zero attached hydrogens (tertiary/aromatic N) is 1. The molecule has 76 valence electrons. The third-order valence-electron chi connectivity index (χ3n) is 2.08. The average Bonchev–Trinajstić information content (AvgIpc) is 2.18. The Labute approximate surface area is 86.1 Å². The third-order valence-corrected chi connectivity index (χ3v) is 2.08. The van der Waals surface area contributed by atoms with E-state index in [1.165, 1.54) is 5.56 Å². The van der Waals surface area contributed by atoms with E-state index in [0.29, 0.717) is 0 Å². The monoisotopic (exact) mass is 190 g/mol. The summed E-state index contributed by atoms with van der Waals surface area (Å²) in [5.41, 5.74) is 3.62. The number of hydrogen-bond acceptors (Lipinski definition) is 2. The molecule has 0 aliphatic carbocycles. The van der Waals surface area contributed by atoms with Gasteiger partial charge >= 0.3 is 0 Å². The number of nitrogens with one attached hydrogen (secondary N) is 1. The molecule has 1 heterocycles. The molecule has 2 heteroatoms. The number of hydrogen-bond donors (Lipinski definition) is 1. The zero-order chi connectivity index (χ0) is 10.4. The molecule has 0 fully saturated rings. The maximum Gasteiger partial charge on any atom is 0.0573 e. The van der Waals surface area contributed by atoms with E-state index in [0.717, 1.165) is 30.8 Å². The van der Waals surface area contributed by atoms with E-state index in [-0.39, 0.29) is 0 Å². The third kappa shape index (κ3) is 3.30. The van der Waals surface area contributed by atoms with Crippen molar-refractivity contribution in [1.82, 2.24) is 10.3 Å². The van der Waals surface area contributed by atoms with Gasteiger partial charge in [0, 0.05) is 19.3 Å². The van der Waals surface area contributed by atoms with Gasteiger partial charge in [-0.3, -0.25) is 4.98 Å². The van der Waals surface area contributed by atoms with Gasteiger partial charge in [0.2, 0.25) is 0 Å². The fourth-order valence-corrected chi connectivity index (χ4v) is 1.35. The van der Waals surface area contributed by atoms with E-state index in [9.17, 15) is 0 Å². The van der Waals surface area contributed by atoms with Crippen LogP contribution < -0.4 is 5.32 Å². The molecule has 0 amide bonds. The van der Waals surface area contributed by atoms with Crippen LogP contribution in [0.25, 0.3) is 0 Å². The lowest BCUT2D eigenvalue weighted by atomic mass is 10.1. The molecule has 1 rings (SSSR count). The topological polar surface area (TPSA) is 24.9 Å². The second-order valence-electron chi connectivity index (χ2n) is 3.52. The van der Waals surface area contributed by atoms with Crippen molar-refractivity contribution in [3.05, 3.63) is 41.7 Å². The molecule has 0 saturated heterocycles. The van der Waals surface area contributed by atoms with Crippen LogP contribution in [0.15, 0.2) is 30.5 Å². The highest BCUT2D eigenvalue weighted by Gasteiger charge is 1.99. The smallest absolute Gasteiger partial charge is 0.0573 e. The van der Waals surface area contributed by atoms with Gasteiger partial charge in [-0.1, -0.05) is 25.1 Å². The number of aromatic nitrogens is 1. The summed E-state index contributed by atoms with van der Waals surface area (Å²) in [4.78, 5) is 4.35. The molecule has 0 aromatic carbocycles. The fraction of sp³-hybridized carbons (Fsp3) is 0.417. The molecule has 0 radical (unpaired) electrons. The SMILES string of the molecule is C=C(C)CNCc1ncccc1CC. The summed E-state index contributed by atoms with van der Waals surface area (Å²) < 4.78 is 0. The van der Waals surface area contributed by atoms with Crippen LogP contribution in [0.1, 0.15) is 25.1 Å². The quantitative estimate of drug-likeness (QED) is 0.721. The standard InChI is InChI=1S/C12H18N2/c1-4-11-6-5-7-14-12(11)9-13-8-10(2)3/h5-7,13H,2,4,8-9H2,1,3H3. The van der Waals surface area contributed by atoms with Crippen LogP contribution in [0.2, 0.25) is 0 Å². The van der Waals surface area contributed by atoms with Crippen molar-refractivity contribution in [2.45, 2.75) is 26.8 Å². The molecule has 0 unspecified atom stereocenters. The minimum atomic E-state index is 0.830. The van der Waals surface area contributed by atoms with Crippen molar-refractivity contribution in [2.24, 2.45) is 0 Å². The van der Waals surface area contributed by atoms with Gasteiger partial charge in [-0.25, -0.2) is 0 Å². The summed E-state index contributed by atoms with van der Waals surface area (Å²) in [6.07, 6.45) is 2.88. The number of aryl methyl sites for hydroxylation is 1. The van der Waals surface area contributed by atoms with Crippen molar-refractivity contribution < 1.29 is 0 Å². The zero-order valence-corrected chi connectivity index (χ0v) is 9.01. The predicted molar refractivity (Wildman–Crippen MR) is 60.1 cm³/mol. The van der Waals surface area contributed by atoms with Crippen LogP contribution in [0, 0.1) is 0 Å². The Morgan fingerprint density at radius 3 is 3.00 bits per heavy atom. The van der Waals surface area contributed by atoms with E-state index >= 15 is 0 Å². The number of pyridine rings is 1. The van der Waals surface area contributed by atoms with Crippen LogP contribution in [-0.2, 0) is 13.0 Å². The maximum atomic E-state index is 4.35. The van der Waals surface area contributed by atoms with Crippen LogP contribution in [-0.4, -0.2) is 11.5 Å². The molecular formula is C12H18N2. The second kappa shape index (κ2) is 5.55. The molecule has 1 N–H and O–H groups in total. The van der Waals surface area contributed by atoms with Crippen LogP contribution in [0.4, 0.5) is 0 Å². The minimum Gasteiger partial charge on any atom is -0.307 e. The summed E-state index contributed by atoms with van der Waals surface area (Å²) in [5.74, 6) is 0. The van der Waals surface area contributed by atoms with Gasteiger partial charge in [-0.15, -0.1) is 0 Å². The second-order valence-corrected chi connectivity index (χ2v) is 3.52. The summed E-state index contributed by atoms with van der Waals surface area (Å²) in [5, 5.41) is 3.31. The molecule has 14 heavy (non-hydrogen) atoms. The van der Waals surface area contributed by atoms with Gasteiger partial charge in [-0.2, -0.15) is 0 Å². The normalized spacial score (nSPS) is 10.1. The molecule has 1 aromatic heterocycles. The van der Waals surface area contributed by atoms with Gasteiger partial charge in [-0.05, 0) is 25.0 Å². The first kappa shape index (κ1) is 10.9. The van der Waals surface area contributed by atoms with E-state index in [2.05, 4.69) is 29.9 Å². The molecule has 0 spiro atoms. The van der Waals surface area contributed by atoms with Gasteiger partial charge in [0.05, 0.1) is 5.69 Å². The number of rotatable bonds is 5. The summed E-state index contributed by atoms with van der Waals surface area (Å²) in [7, 11) is 0. The van der Waals surface area contributed by atoms with Crippen LogP contribution in [0.5, 0.6) is 0 Å². The Bertz CT molecular complexity index is 305.